The van der Waals surface area contributed by atoms with Crippen LogP contribution < -0.4 is 10.1 Å². The molecule has 0 aliphatic carbocycles. The second kappa shape index (κ2) is 7.30. The number of anilines is 1. The first-order valence-electron chi connectivity index (χ1n) is 8.99. The number of benzene rings is 1. The summed E-state index contributed by atoms with van der Waals surface area (Å²) in [6.07, 6.45) is 2.44. The summed E-state index contributed by atoms with van der Waals surface area (Å²) in [6.45, 7) is 4.49. The van der Waals surface area contributed by atoms with Gasteiger partial charge < -0.3 is 19.5 Å². The molecule has 0 spiro atoms. The molecule has 3 heterocycles. The summed E-state index contributed by atoms with van der Waals surface area (Å²) in [7, 11) is 1.65. The van der Waals surface area contributed by atoms with Crippen LogP contribution in [0.3, 0.4) is 0 Å². The van der Waals surface area contributed by atoms with E-state index in [2.05, 4.69) is 20.4 Å². The summed E-state index contributed by atoms with van der Waals surface area (Å²) in [4.78, 5) is 23.4. The number of aromatic nitrogens is 3. The lowest BCUT2D eigenvalue weighted by molar-refractivity contribution is 0.212. The number of nitrogens with one attached hydrogen (secondary N) is 1. The lowest BCUT2D eigenvalue weighted by Crippen LogP contribution is -2.30. The van der Waals surface area contributed by atoms with Gasteiger partial charge >= 0.3 is 6.03 Å². The molecule has 1 aliphatic rings. The van der Waals surface area contributed by atoms with E-state index < -0.39 is 0 Å². The van der Waals surface area contributed by atoms with Crippen molar-refractivity contribution in [1.29, 1.82) is 0 Å². The van der Waals surface area contributed by atoms with E-state index in [1.54, 1.807) is 25.9 Å². The average Bonchev–Trinajstić information content (AvgIpc) is 3.26. The van der Waals surface area contributed by atoms with Crippen molar-refractivity contribution in [1.82, 2.24) is 20.0 Å². The number of carbonyl (C=O) groups is 1. The van der Waals surface area contributed by atoms with E-state index in [1.165, 1.54) is 0 Å². The summed E-state index contributed by atoms with van der Waals surface area (Å²) >= 11 is 0. The van der Waals surface area contributed by atoms with Gasteiger partial charge in [0, 0.05) is 18.2 Å². The van der Waals surface area contributed by atoms with Crippen molar-refractivity contribution in [3.8, 4) is 5.75 Å². The monoisotopic (exact) mass is 379 g/mol. The summed E-state index contributed by atoms with van der Waals surface area (Å²) in [6, 6.07) is 7.63. The van der Waals surface area contributed by atoms with Crippen molar-refractivity contribution in [3.63, 3.8) is 0 Å². The summed E-state index contributed by atoms with van der Waals surface area (Å²) in [5.41, 5.74) is 4.22. The summed E-state index contributed by atoms with van der Waals surface area (Å²) < 4.78 is 10.3. The van der Waals surface area contributed by atoms with Crippen LogP contribution in [0.4, 0.5) is 10.5 Å². The molecular weight excluding hydrogens is 358 g/mol. The number of rotatable bonds is 4. The molecule has 4 rings (SSSR count). The fourth-order valence-electron chi connectivity index (χ4n) is 3.20. The van der Waals surface area contributed by atoms with Crippen LogP contribution in [0.1, 0.15) is 34.1 Å². The standard InChI is InChI=1S/C20H21N5O3/c1-12-19(13(2)28-24-12)23-20(26)25-10-15-9-21-18(22-17(15)11-25)8-14-4-6-16(27-3)7-5-14/h4-7,9H,8,10-11H2,1-3H3,(H,23,26). The molecule has 0 unspecified atom stereocenters. The van der Waals surface area contributed by atoms with Crippen molar-refractivity contribution in [2.24, 2.45) is 0 Å². The summed E-state index contributed by atoms with van der Waals surface area (Å²) in [5.74, 6) is 2.14. The smallest absolute Gasteiger partial charge is 0.322 e. The van der Waals surface area contributed by atoms with E-state index in [4.69, 9.17) is 9.26 Å². The average molecular weight is 379 g/mol. The van der Waals surface area contributed by atoms with Gasteiger partial charge in [-0.3, -0.25) is 0 Å². The molecule has 8 heteroatoms. The SMILES string of the molecule is COc1ccc(Cc2ncc3c(n2)CN(C(=O)Nc2c(C)noc2C)C3)cc1. The topological polar surface area (TPSA) is 93.4 Å². The molecular formula is C20H21N5O3. The van der Waals surface area contributed by atoms with Crippen LogP contribution in [0.2, 0.25) is 0 Å². The quantitative estimate of drug-likeness (QED) is 0.748. The van der Waals surface area contributed by atoms with E-state index in [9.17, 15) is 4.79 Å². The molecule has 1 aromatic carbocycles. The maximum atomic E-state index is 12.6. The number of urea groups is 1. The van der Waals surface area contributed by atoms with E-state index in [1.807, 2.05) is 30.5 Å². The lowest BCUT2D eigenvalue weighted by Gasteiger charge is -2.15. The molecule has 144 valence electrons. The van der Waals surface area contributed by atoms with Gasteiger partial charge in [-0.2, -0.15) is 0 Å². The number of fused-ring (bicyclic) bond motifs is 1. The number of nitrogens with zero attached hydrogens (tertiary/aromatic N) is 4. The Kier molecular flexibility index (Phi) is 4.68. The molecule has 8 nitrogen and oxygen atoms in total. The van der Waals surface area contributed by atoms with Gasteiger partial charge in [0.05, 0.1) is 25.9 Å². The number of hydrogen-bond acceptors (Lipinski definition) is 6. The second-order valence-electron chi connectivity index (χ2n) is 6.77. The normalized spacial score (nSPS) is 12.8. The number of carbonyl (C=O) groups excluding carboxylic acids is 1. The summed E-state index contributed by atoms with van der Waals surface area (Å²) in [5, 5.41) is 6.73. The molecule has 28 heavy (non-hydrogen) atoms. The molecule has 0 saturated heterocycles. The number of amides is 2. The molecule has 0 bridgehead atoms. The highest BCUT2D eigenvalue weighted by atomic mass is 16.5. The molecule has 0 fully saturated rings. The number of hydrogen-bond donors (Lipinski definition) is 1. The van der Waals surface area contributed by atoms with Crippen LogP contribution >= 0.6 is 0 Å². The maximum Gasteiger partial charge on any atom is 0.322 e. The van der Waals surface area contributed by atoms with Crippen molar-refractivity contribution >= 4 is 11.7 Å². The Balaban J connectivity index is 1.44. The third-order valence-electron chi connectivity index (χ3n) is 4.78. The lowest BCUT2D eigenvalue weighted by atomic mass is 10.1. The van der Waals surface area contributed by atoms with Gasteiger partial charge in [-0.1, -0.05) is 17.3 Å². The van der Waals surface area contributed by atoms with Crippen LogP contribution in [-0.4, -0.2) is 33.2 Å². The zero-order chi connectivity index (χ0) is 19.7. The Morgan fingerprint density at radius 1 is 1.25 bits per heavy atom. The Labute approximate surface area is 162 Å². The van der Waals surface area contributed by atoms with Crippen LogP contribution in [0.25, 0.3) is 0 Å². The Bertz CT molecular complexity index is 994. The van der Waals surface area contributed by atoms with Crippen molar-refractivity contribution < 1.29 is 14.1 Å². The molecule has 0 saturated carbocycles. The highest BCUT2D eigenvalue weighted by molar-refractivity contribution is 5.90. The van der Waals surface area contributed by atoms with E-state index >= 15 is 0 Å². The predicted molar refractivity (Wildman–Crippen MR) is 102 cm³/mol. The van der Waals surface area contributed by atoms with Gasteiger partial charge in [0.25, 0.3) is 0 Å². The Hall–Kier alpha value is -3.42. The molecule has 0 radical (unpaired) electrons. The van der Waals surface area contributed by atoms with E-state index in [0.717, 1.165) is 28.4 Å². The third kappa shape index (κ3) is 3.53. The van der Waals surface area contributed by atoms with Crippen LogP contribution in [0, 0.1) is 13.8 Å². The number of aryl methyl sites for hydroxylation is 2. The molecule has 3 aromatic rings. The van der Waals surface area contributed by atoms with Gasteiger partial charge in [0.2, 0.25) is 0 Å². The minimum atomic E-state index is -0.205. The van der Waals surface area contributed by atoms with Gasteiger partial charge in [-0.05, 0) is 31.5 Å². The van der Waals surface area contributed by atoms with Crippen molar-refractivity contribution in [2.45, 2.75) is 33.4 Å². The highest BCUT2D eigenvalue weighted by Gasteiger charge is 2.26. The molecule has 1 N–H and O–H groups in total. The van der Waals surface area contributed by atoms with E-state index in [0.29, 0.717) is 36.7 Å². The van der Waals surface area contributed by atoms with Gasteiger partial charge in [-0.15, -0.1) is 0 Å². The molecule has 1 aliphatic heterocycles. The first-order chi connectivity index (χ1) is 13.5. The second-order valence-corrected chi connectivity index (χ2v) is 6.77. The predicted octanol–water partition coefficient (Wildman–Crippen LogP) is 3.23. The fraction of sp³-hybridized carbons (Fsp3) is 0.300. The van der Waals surface area contributed by atoms with Crippen LogP contribution in [0.5, 0.6) is 5.75 Å². The zero-order valence-electron chi connectivity index (χ0n) is 16.0. The largest absolute Gasteiger partial charge is 0.497 e. The van der Waals surface area contributed by atoms with Gasteiger partial charge in [-0.25, -0.2) is 14.8 Å². The zero-order valence-corrected chi connectivity index (χ0v) is 16.0. The first kappa shape index (κ1) is 18.0. The Morgan fingerprint density at radius 3 is 2.71 bits per heavy atom. The molecule has 0 atom stereocenters. The highest BCUT2D eigenvalue weighted by Crippen LogP contribution is 2.24. The van der Waals surface area contributed by atoms with Crippen molar-refractivity contribution in [3.05, 3.63) is 64.6 Å². The van der Waals surface area contributed by atoms with Crippen LogP contribution in [-0.2, 0) is 19.5 Å². The Morgan fingerprint density at radius 2 is 2.04 bits per heavy atom. The maximum absolute atomic E-state index is 12.6. The first-order valence-corrected chi connectivity index (χ1v) is 8.99. The number of methoxy groups -OCH3 is 1. The fourth-order valence-corrected chi connectivity index (χ4v) is 3.20. The van der Waals surface area contributed by atoms with Crippen molar-refractivity contribution in [2.75, 3.05) is 12.4 Å². The minimum Gasteiger partial charge on any atom is -0.497 e. The van der Waals surface area contributed by atoms with Crippen LogP contribution in [0.15, 0.2) is 35.0 Å². The van der Waals surface area contributed by atoms with Gasteiger partial charge in [0.1, 0.15) is 23.0 Å². The third-order valence-corrected chi connectivity index (χ3v) is 4.78. The van der Waals surface area contributed by atoms with E-state index in [-0.39, 0.29) is 6.03 Å². The van der Waals surface area contributed by atoms with Gasteiger partial charge in [0.15, 0.2) is 5.76 Å². The molecule has 2 amide bonds. The molecule has 2 aromatic heterocycles. The minimum absolute atomic E-state index is 0.205. The number of ether oxygens (including phenoxy) is 1.